The number of hydrogen-bond acceptors (Lipinski definition) is 1. The molecule has 0 heterocycles. The third-order valence-corrected chi connectivity index (χ3v) is 8.27. The predicted molar refractivity (Wildman–Crippen MR) is 200 cm³/mol. The summed E-state index contributed by atoms with van der Waals surface area (Å²) in [7, 11) is 0. The third-order valence-electron chi connectivity index (χ3n) is 8.27. The minimum atomic E-state index is 0.276. The fourth-order valence-corrected chi connectivity index (χ4v) is 5.10. The Bertz CT molecular complexity index is 1060. The molecular formula is C43H70O. The molecule has 0 saturated carbocycles. The highest BCUT2D eigenvalue weighted by molar-refractivity contribution is 5.75. The van der Waals surface area contributed by atoms with E-state index in [1.54, 1.807) is 6.92 Å². The van der Waals surface area contributed by atoms with Crippen molar-refractivity contribution in [2.45, 2.75) is 172 Å². The van der Waals surface area contributed by atoms with E-state index in [0.717, 1.165) is 57.8 Å². The first-order valence-electron chi connectivity index (χ1n) is 17.6. The van der Waals surface area contributed by atoms with E-state index < -0.39 is 0 Å². The summed E-state index contributed by atoms with van der Waals surface area (Å²) in [5.74, 6) is 0.276. The van der Waals surface area contributed by atoms with Gasteiger partial charge in [-0.25, -0.2) is 0 Å². The van der Waals surface area contributed by atoms with Crippen LogP contribution in [-0.2, 0) is 4.79 Å². The van der Waals surface area contributed by atoms with Gasteiger partial charge in [-0.2, -0.15) is 0 Å². The predicted octanol–water partition coefficient (Wildman–Crippen LogP) is 14.4. The molecule has 0 N–H and O–H groups in total. The molecule has 0 fully saturated rings. The van der Waals surface area contributed by atoms with E-state index in [9.17, 15) is 4.79 Å². The Morgan fingerprint density at radius 2 is 0.477 bits per heavy atom. The van der Waals surface area contributed by atoms with Crippen LogP contribution in [0.5, 0.6) is 0 Å². The second-order valence-corrected chi connectivity index (χ2v) is 13.6. The highest BCUT2D eigenvalue weighted by atomic mass is 16.1. The van der Waals surface area contributed by atoms with E-state index >= 15 is 0 Å². The number of hydrogen-bond donors (Lipinski definition) is 0. The maximum Gasteiger partial charge on any atom is 0.130 e. The molecule has 0 unspecified atom stereocenters. The van der Waals surface area contributed by atoms with Gasteiger partial charge in [0.2, 0.25) is 0 Å². The van der Waals surface area contributed by atoms with Gasteiger partial charge in [0.25, 0.3) is 0 Å². The van der Waals surface area contributed by atoms with Crippen LogP contribution < -0.4 is 0 Å². The van der Waals surface area contributed by atoms with Gasteiger partial charge in [-0.15, -0.1) is 0 Å². The average molecular weight is 603 g/mol. The van der Waals surface area contributed by atoms with Crippen LogP contribution in [0.15, 0.2) is 93.2 Å². The molecular weight excluding hydrogens is 532 g/mol. The van der Waals surface area contributed by atoms with Crippen molar-refractivity contribution in [1.29, 1.82) is 0 Å². The van der Waals surface area contributed by atoms with Gasteiger partial charge in [0.05, 0.1) is 0 Å². The molecule has 0 amide bonds. The summed E-state index contributed by atoms with van der Waals surface area (Å²) in [5, 5.41) is 0. The van der Waals surface area contributed by atoms with Crippen molar-refractivity contribution in [2.75, 3.05) is 0 Å². The van der Waals surface area contributed by atoms with Crippen LogP contribution in [0.3, 0.4) is 0 Å². The zero-order chi connectivity index (χ0) is 33.2. The van der Waals surface area contributed by atoms with E-state index in [0.29, 0.717) is 6.42 Å². The van der Waals surface area contributed by atoms with E-state index in [2.05, 4.69) is 111 Å². The van der Waals surface area contributed by atoms with Crippen molar-refractivity contribution >= 4 is 5.78 Å². The summed E-state index contributed by atoms with van der Waals surface area (Å²) in [6.45, 7) is 21.9. The highest BCUT2D eigenvalue weighted by Gasteiger charge is 1.97. The zero-order valence-electron chi connectivity index (χ0n) is 30.8. The Labute approximate surface area is 275 Å². The molecule has 0 aliphatic rings. The second kappa shape index (κ2) is 26.9. The van der Waals surface area contributed by atoms with Gasteiger partial charge in [0, 0.05) is 6.42 Å². The van der Waals surface area contributed by atoms with E-state index in [1.807, 2.05) is 0 Å². The Morgan fingerprint density at radius 3 is 0.659 bits per heavy atom. The monoisotopic (exact) mass is 603 g/mol. The van der Waals surface area contributed by atoms with Crippen LogP contribution in [0.4, 0.5) is 0 Å². The zero-order valence-corrected chi connectivity index (χ0v) is 30.8. The standard InChI is InChI=1S/C43H70O/c1-35(2)19-11-20-36(3)21-12-22-37(4)23-13-24-38(5)25-14-26-39(6)27-15-28-40(7)29-16-30-41(8)31-17-32-42(9)33-18-34-43(10)44/h19,21,23,25,27,29,31,33H,11-18,20,22,24,26,28,30,32,34H2,1-10H3/b36-21-,37-23-,38-25-,39-27-,40-29-,41-31-,42-33-. The first kappa shape index (κ1) is 41.6. The molecule has 1 heteroatoms. The first-order chi connectivity index (χ1) is 20.9. The summed E-state index contributed by atoms with van der Waals surface area (Å²) in [5.41, 5.74) is 11.9. The lowest BCUT2D eigenvalue weighted by atomic mass is 10.0. The van der Waals surface area contributed by atoms with Crippen molar-refractivity contribution in [3.8, 4) is 0 Å². The van der Waals surface area contributed by atoms with Crippen molar-refractivity contribution in [3.05, 3.63) is 93.2 Å². The minimum Gasteiger partial charge on any atom is -0.300 e. The molecule has 44 heavy (non-hydrogen) atoms. The quantitative estimate of drug-likeness (QED) is 0.100. The van der Waals surface area contributed by atoms with Gasteiger partial charge in [0.1, 0.15) is 5.78 Å². The Balaban J connectivity index is 4.20. The Kier molecular flexibility index (Phi) is 25.5. The topological polar surface area (TPSA) is 17.1 Å². The first-order valence-corrected chi connectivity index (χ1v) is 17.6. The SMILES string of the molecule is CC(=O)CC/C=C(/C)CC/C=C(/C)CC/C=C(/C)CC/C=C(/C)CC/C=C(/C)CC/C=C(/C)CC/C=C(/C)CCC=C(C)C. The molecule has 1 nitrogen and oxygen atoms in total. The lowest BCUT2D eigenvalue weighted by Crippen LogP contribution is -1.87. The number of carbonyl (C=O) groups excluding carboxylic acids is 1. The van der Waals surface area contributed by atoms with Crippen LogP contribution in [-0.4, -0.2) is 5.78 Å². The molecule has 248 valence electrons. The lowest BCUT2D eigenvalue weighted by molar-refractivity contribution is -0.116. The lowest BCUT2D eigenvalue weighted by Gasteiger charge is -2.04. The van der Waals surface area contributed by atoms with Gasteiger partial charge >= 0.3 is 0 Å². The van der Waals surface area contributed by atoms with Gasteiger partial charge in [0.15, 0.2) is 0 Å². The average Bonchev–Trinajstić information content (AvgIpc) is 2.92. The molecule has 0 aromatic rings. The number of ketones is 1. The van der Waals surface area contributed by atoms with Crippen molar-refractivity contribution in [3.63, 3.8) is 0 Å². The number of Topliss-reactive ketones (excluding diaryl/α,β-unsaturated/α-hetero) is 1. The summed E-state index contributed by atoms with van der Waals surface area (Å²) in [6.07, 6.45) is 36.9. The maximum atomic E-state index is 11.1. The number of rotatable bonds is 24. The molecule has 0 aliphatic heterocycles. The molecule has 0 rings (SSSR count). The number of carbonyl (C=O) groups is 1. The minimum absolute atomic E-state index is 0.276. The van der Waals surface area contributed by atoms with Crippen molar-refractivity contribution in [1.82, 2.24) is 0 Å². The van der Waals surface area contributed by atoms with E-state index in [1.165, 1.54) is 83.1 Å². The fourth-order valence-electron chi connectivity index (χ4n) is 5.10. The summed E-state index contributed by atoms with van der Waals surface area (Å²) in [6, 6.07) is 0. The third kappa shape index (κ3) is 28.4. The van der Waals surface area contributed by atoms with E-state index in [4.69, 9.17) is 0 Å². The second-order valence-electron chi connectivity index (χ2n) is 13.6. The summed E-state index contributed by atoms with van der Waals surface area (Å²) >= 11 is 0. The summed E-state index contributed by atoms with van der Waals surface area (Å²) < 4.78 is 0. The van der Waals surface area contributed by atoms with Gasteiger partial charge in [-0.05, 0) is 166 Å². The highest BCUT2D eigenvalue weighted by Crippen LogP contribution is 2.17. The Morgan fingerprint density at radius 1 is 0.295 bits per heavy atom. The Hall–Kier alpha value is -2.41. The van der Waals surface area contributed by atoms with Gasteiger partial charge in [-0.1, -0.05) is 93.2 Å². The fraction of sp³-hybridized carbons (Fsp3) is 0.605. The smallest absolute Gasteiger partial charge is 0.130 e. The van der Waals surface area contributed by atoms with Crippen LogP contribution >= 0.6 is 0 Å². The molecule has 0 aromatic heterocycles. The molecule has 0 aliphatic carbocycles. The van der Waals surface area contributed by atoms with Crippen LogP contribution in [0, 0.1) is 0 Å². The summed E-state index contributed by atoms with van der Waals surface area (Å²) in [4.78, 5) is 11.1. The molecule has 0 saturated heterocycles. The van der Waals surface area contributed by atoms with Crippen molar-refractivity contribution in [2.24, 2.45) is 0 Å². The van der Waals surface area contributed by atoms with Crippen LogP contribution in [0.1, 0.15) is 172 Å². The normalized spacial score (nSPS) is 14.4. The molecule has 0 spiro atoms. The van der Waals surface area contributed by atoms with Crippen LogP contribution in [0.25, 0.3) is 0 Å². The van der Waals surface area contributed by atoms with Gasteiger partial charge < -0.3 is 4.79 Å². The van der Waals surface area contributed by atoms with Crippen LogP contribution in [0.2, 0.25) is 0 Å². The largest absolute Gasteiger partial charge is 0.300 e. The molecule has 0 atom stereocenters. The van der Waals surface area contributed by atoms with E-state index in [-0.39, 0.29) is 5.78 Å². The van der Waals surface area contributed by atoms with Gasteiger partial charge in [-0.3, -0.25) is 0 Å². The van der Waals surface area contributed by atoms with Crippen molar-refractivity contribution < 1.29 is 4.79 Å². The molecule has 0 radical (unpaired) electrons. The molecule has 0 aromatic carbocycles. The number of allylic oxidation sites excluding steroid dienone is 16. The maximum absolute atomic E-state index is 11.1. The molecule has 0 bridgehead atoms.